The maximum Gasteiger partial charge on any atom is 0.261 e. The van der Waals surface area contributed by atoms with E-state index in [0.29, 0.717) is 23.3 Å². The van der Waals surface area contributed by atoms with Gasteiger partial charge in [-0.25, -0.2) is 9.97 Å². The number of aryl methyl sites for hydroxylation is 1. The third-order valence-corrected chi connectivity index (χ3v) is 4.78. The molecule has 0 bridgehead atoms. The predicted molar refractivity (Wildman–Crippen MR) is 97.0 cm³/mol. The van der Waals surface area contributed by atoms with Gasteiger partial charge in [-0.05, 0) is 48.4 Å². The SMILES string of the molecule is COc1ccc2nc3c(cc2c1)CCn1c-3nc2ccccc2c1=O. The monoisotopic (exact) mass is 329 g/mol. The molecule has 4 aromatic rings. The third-order valence-electron chi connectivity index (χ3n) is 4.78. The number of methoxy groups -OCH3 is 1. The number of benzene rings is 2. The molecule has 0 radical (unpaired) electrons. The summed E-state index contributed by atoms with van der Waals surface area (Å²) >= 11 is 0. The molecular formula is C20H15N3O2. The van der Waals surface area contributed by atoms with E-state index in [9.17, 15) is 4.79 Å². The number of ether oxygens (including phenoxy) is 1. The van der Waals surface area contributed by atoms with Crippen LogP contribution < -0.4 is 10.3 Å². The Balaban J connectivity index is 1.82. The van der Waals surface area contributed by atoms with E-state index in [4.69, 9.17) is 14.7 Å². The fraction of sp³-hybridized carbons (Fsp3) is 0.150. The van der Waals surface area contributed by atoms with E-state index in [1.165, 1.54) is 0 Å². The lowest BCUT2D eigenvalue weighted by atomic mass is 10.0. The van der Waals surface area contributed by atoms with E-state index in [1.807, 2.05) is 42.5 Å². The van der Waals surface area contributed by atoms with Crippen molar-refractivity contribution in [1.82, 2.24) is 14.5 Å². The second-order valence-corrected chi connectivity index (χ2v) is 6.21. The molecular weight excluding hydrogens is 314 g/mol. The second kappa shape index (κ2) is 5.14. The molecule has 0 aliphatic carbocycles. The normalized spacial score (nSPS) is 12.8. The zero-order chi connectivity index (χ0) is 17.0. The minimum absolute atomic E-state index is 0.00266. The van der Waals surface area contributed by atoms with Crippen LogP contribution in [0.25, 0.3) is 33.3 Å². The summed E-state index contributed by atoms with van der Waals surface area (Å²) in [7, 11) is 1.66. The van der Waals surface area contributed by atoms with Crippen molar-refractivity contribution in [2.45, 2.75) is 13.0 Å². The van der Waals surface area contributed by atoms with Crippen molar-refractivity contribution < 1.29 is 4.74 Å². The highest BCUT2D eigenvalue weighted by molar-refractivity contribution is 5.85. The molecule has 1 aliphatic heterocycles. The van der Waals surface area contributed by atoms with Gasteiger partial charge in [-0.3, -0.25) is 9.36 Å². The number of aromatic nitrogens is 3. The molecule has 0 saturated carbocycles. The van der Waals surface area contributed by atoms with Crippen molar-refractivity contribution in [2.75, 3.05) is 7.11 Å². The molecule has 0 saturated heterocycles. The van der Waals surface area contributed by atoms with Crippen molar-refractivity contribution >= 4 is 21.8 Å². The molecule has 0 atom stereocenters. The molecule has 122 valence electrons. The molecule has 0 N–H and O–H groups in total. The summed E-state index contributed by atoms with van der Waals surface area (Å²) in [5.41, 5.74) is 3.50. The van der Waals surface area contributed by atoms with Crippen LogP contribution in [-0.4, -0.2) is 21.6 Å². The van der Waals surface area contributed by atoms with E-state index >= 15 is 0 Å². The van der Waals surface area contributed by atoms with Crippen LogP contribution in [0.4, 0.5) is 0 Å². The van der Waals surface area contributed by atoms with Gasteiger partial charge in [0.25, 0.3) is 5.56 Å². The topological polar surface area (TPSA) is 57.0 Å². The average molecular weight is 329 g/mol. The Kier molecular flexibility index (Phi) is 2.91. The van der Waals surface area contributed by atoms with Crippen molar-refractivity contribution in [2.24, 2.45) is 0 Å². The van der Waals surface area contributed by atoms with Crippen molar-refractivity contribution in [1.29, 1.82) is 0 Å². The van der Waals surface area contributed by atoms with Gasteiger partial charge in [0.05, 0.1) is 23.5 Å². The summed E-state index contributed by atoms with van der Waals surface area (Å²) in [6, 6.07) is 15.4. The highest BCUT2D eigenvalue weighted by atomic mass is 16.5. The molecule has 0 amide bonds. The molecule has 0 fully saturated rings. The van der Waals surface area contributed by atoms with Gasteiger partial charge in [-0.1, -0.05) is 12.1 Å². The number of para-hydroxylation sites is 1. The molecule has 2 aromatic heterocycles. The summed E-state index contributed by atoms with van der Waals surface area (Å²) in [5, 5.41) is 1.69. The van der Waals surface area contributed by atoms with Crippen LogP contribution in [-0.2, 0) is 13.0 Å². The average Bonchev–Trinajstić information content (AvgIpc) is 2.66. The van der Waals surface area contributed by atoms with Crippen LogP contribution >= 0.6 is 0 Å². The third kappa shape index (κ3) is 2.05. The van der Waals surface area contributed by atoms with Gasteiger partial charge < -0.3 is 4.74 Å². The molecule has 0 spiro atoms. The lowest BCUT2D eigenvalue weighted by Gasteiger charge is -2.21. The maximum absolute atomic E-state index is 12.8. The molecule has 5 nitrogen and oxygen atoms in total. The van der Waals surface area contributed by atoms with E-state index in [2.05, 4.69) is 6.07 Å². The summed E-state index contributed by atoms with van der Waals surface area (Å²) in [6.45, 7) is 0.621. The first-order valence-electron chi connectivity index (χ1n) is 8.22. The van der Waals surface area contributed by atoms with E-state index in [-0.39, 0.29) is 5.56 Å². The van der Waals surface area contributed by atoms with Gasteiger partial charge in [0.1, 0.15) is 11.4 Å². The number of nitrogens with zero attached hydrogens (tertiary/aromatic N) is 3. The minimum atomic E-state index is 0.00266. The number of pyridine rings is 1. The molecule has 0 unspecified atom stereocenters. The van der Waals surface area contributed by atoms with E-state index in [0.717, 1.165) is 34.3 Å². The fourth-order valence-corrected chi connectivity index (χ4v) is 3.50. The van der Waals surface area contributed by atoms with Crippen LogP contribution in [0.3, 0.4) is 0 Å². The predicted octanol–water partition coefficient (Wildman–Crippen LogP) is 3.18. The van der Waals surface area contributed by atoms with Gasteiger partial charge in [-0.2, -0.15) is 0 Å². The Morgan fingerprint density at radius 1 is 1.04 bits per heavy atom. The molecule has 5 heteroatoms. The zero-order valence-electron chi connectivity index (χ0n) is 13.7. The summed E-state index contributed by atoms with van der Waals surface area (Å²) < 4.78 is 7.04. The lowest BCUT2D eigenvalue weighted by Crippen LogP contribution is -2.28. The van der Waals surface area contributed by atoms with Crippen molar-refractivity contribution in [3.63, 3.8) is 0 Å². The van der Waals surface area contributed by atoms with Gasteiger partial charge >= 0.3 is 0 Å². The van der Waals surface area contributed by atoms with Gasteiger partial charge in [-0.15, -0.1) is 0 Å². The number of hydrogen-bond acceptors (Lipinski definition) is 4. The zero-order valence-corrected chi connectivity index (χ0v) is 13.7. The number of fused-ring (bicyclic) bond motifs is 5. The minimum Gasteiger partial charge on any atom is -0.497 e. The molecule has 2 aromatic carbocycles. The molecule has 5 rings (SSSR count). The standard InChI is InChI=1S/C20H15N3O2/c1-25-14-6-7-16-13(11-14)10-12-8-9-23-19(18(12)21-16)22-17-5-3-2-4-15(17)20(23)24/h2-7,10-11H,8-9H2,1H3. The summed E-state index contributed by atoms with van der Waals surface area (Å²) in [6.07, 6.45) is 0.766. The Morgan fingerprint density at radius 2 is 1.92 bits per heavy atom. The first-order chi connectivity index (χ1) is 12.2. The van der Waals surface area contributed by atoms with Crippen molar-refractivity contribution in [3.8, 4) is 17.3 Å². The van der Waals surface area contributed by atoms with E-state index in [1.54, 1.807) is 11.7 Å². The van der Waals surface area contributed by atoms with Gasteiger partial charge in [0.2, 0.25) is 0 Å². The Labute approximate surface area is 143 Å². The molecule has 25 heavy (non-hydrogen) atoms. The van der Waals surface area contributed by atoms with Crippen LogP contribution in [0.1, 0.15) is 5.56 Å². The highest BCUT2D eigenvalue weighted by Crippen LogP contribution is 2.30. The first kappa shape index (κ1) is 14.2. The Hall–Kier alpha value is -3.21. The van der Waals surface area contributed by atoms with Crippen LogP contribution in [0.5, 0.6) is 5.75 Å². The van der Waals surface area contributed by atoms with Crippen LogP contribution in [0.15, 0.2) is 53.3 Å². The van der Waals surface area contributed by atoms with Crippen molar-refractivity contribution in [3.05, 3.63) is 64.4 Å². The number of rotatable bonds is 1. The maximum atomic E-state index is 12.8. The quantitative estimate of drug-likeness (QED) is 0.538. The highest BCUT2D eigenvalue weighted by Gasteiger charge is 2.22. The van der Waals surface area contributed by atoms with Gasteiger partial charge in [0.15, 0.2) is 5.82 Å². The fourth-order valence-electron chi connectivity index (χ4n) is 3.50. The second-order valence-electron chi connectivity index (χ2n) is 6.21. The Morgan fingerprint density at radius 3 is 2.80 bits per heavy atom. The Bertz CT molecular complexity index is 1210. The lowest BCUT2D eigenvalue weighted by molar-refractivity contribution is 0.415. The van der Waals surface area contributed by atoms with Gasteiger partial charge in [0, 0.05) is 11.9 Å². The van der Waals surface area contributed by atoms with E-state index < -0.39 is 0 Å². The van der Waals surface area contributed by atoms with Crippen LogP contribution in [0, 0.1) is 0 Å². The van der Waals surface area contributed by atoms with Crippen LogP contribution in [0.2, 0.25) is 0 Å². The summed E-state index contributed by atoms with van der Waals surface area (Å²) in [5.74, 6) is 1.47. The number of hydrogen-bond donors (Lipinski definition) is 0. The molecule has 1 aliphatic rings. The largest absolute Gasteiger partial charge is 0.497 e. The smallest absolute Gasteiger partial charge is 0.261 e. The molecule has 3 heterocycles. The first-order valence-corrected chi connectivity index (χ1v) is 8.22. The summed E-state index contributed by atoms with van der Waals surface area (Å²) in [4.78, 5) is 22.3.